The summed E-state index contributed by atoms with van der Waals surface area (Å²) in [6.45, 7) is -0.288. The SMILES string of the molecule is O=C1C[C@@H](OC[C@H]2O[C@@H](Oc3c(-c4ccc(O)cc4)oc4cc(O)cc(O)c4c3=O)[C@H](O)[C@@H](O)[C@@H]2O)CO1. The fourth-order valence-electron chi connectivity index (χ4n) is 4.27. The molecule has 1 aromatic heterocycles. The number of fused-ring (bicyclic) bond motifs is 1. The zero-order valence-corrected chi connectivity index (χ0v) is 19.6. The van der Waals surface area contributed by atoms with Crippen LogP contribution in [0.3, 0.4) is 0 Å². The van der Waals surface area contributed by atoms with Crippen LogP contribution < -0.4 is 10.2 Å². The Morgan fingerprint density at radius 1 is 0.921 bits per heavy atom. The highest BCUT2D eigenvalue weighted by atomic mass is 16.7. The maximum atomic E-state index is 13.5. The molecule has 0 amide bonds. The van der Waals surface area contributed by atoms with Gasteiger partial charge in [-0.3, -0.25) is 9.59 Å². The fraction of sp³-hybridized carbons (Fsp3) is 0.360. The fourth-order valence-corrected chi connectivity index (χ4v) is 4.27. The standard InChI is InChI=1S/C25H24O13/c26-11-3-1-10(2-4-11)23-24(20(31)18-14(28)5-12(27)6-15(18)36-23)38-25-22(33)21(32)19(30)16(37-25)9-34-13-7-17(29)35-8-13/h1-6,13,16,19,21-22,25-28,30,32-33H,7-9H2/t13-,16-,19-,21+,22-,25+/m1/s1. The van der Waals surface area contributed by atoms with Crippen LogP contribution in [0.1, 0.15) is 6.42 Å². The summed E-state index contributed by atoms with van der Waals surface area (Å²) >= 11 is 0. The Bertz CT molecular complexity index is 1400. The quantitative estimate of drug-likeness (QED) is 0.233. The van der Waals surface area contributed by atoms with Crippen molar-refractivity contribution < 1.29 is 58.8 Å². The maximum Gasteiger partial charge on any atom is 0.308 e. The monoisotopic (exact) mass is 532 g/mol. The highest BCUT2D eigenvalue weighted by molar-refractivity contribution is 5.88. The first-order valence-electron chi connectivity index (χ1n) is 11.6. The molecule has 2 aromatic carbocycles. The summed E-state index contributed by atoms with van der Waals surface area (Å²) in [6.07, 6.45) is -8.72. The van der Waals surface area contributed by atoms with Crippen LogP contribution in [0.5, 0.6) is 23.0 Å². The summed E-state index contributed by atoms with van der Waals surface area (Å²) in [5.74, 6) is -2.21. The van der Waals surface area contributed by atoms with Gasteiger partial charge in [0.15, 0.2) is 5.76 Å². The van der Waals surface area contributed by atoms with Crippen molar-refractivity contribution in [1.82, 2.24) is 0 Å². The largest absolute Gasteiger partial charge is 0.508 e. The molecule has 38 heavy (non-hydrogen) atoms. The highest BCUT2D eigenvalue weighted by Crippen LogP contribution is 2.37. The van der Waals surface area contributed by atoms with Gasteiger partial charge in [-0.05, 0) is 24.3 Å². The molecule has 2 aliphatic rings. The Balaban J connectivity index is 1.51. The number of carbonyl (C=O) groups is 1. The number of benzene rings is 2. The summed E-state index contributed by atoms with van der Waals surface area (Å²) in [4.78, 5) is 24.8. The molecule has 2 fully saturated rings. The van der Waals surface area contributed by atoms with E-state index in [0.29, 0.717) is 0 Å². The Kier molecular flexibility index (Phi) is 6.86. The number of cyclic esters (lactones) is 1. The van der Waals surface area contributed by atoms with E-state index in [0.717, 1.165) is 12.1 Å². The molecule has 0 spiro atoms. The number of carbonyl (C=O) groups excluding carboxylic acids is 1. The van der Waals surface area contributed by atoms with Crippen LogP contribution in [0.15, 0.2) is 45.6 Å². The summed E-state index contributed by atoms with van der Waals surface area (Å²) in [5.41, 5.74) is -0.822. The van der Waals surface area contributed by atoms with Gasteiger partial charge in [-0.1, -0.05) is 0 Å². The molecule has 3 heterocycles. The van der Waals surface area contributed by atoms with Crippen molar-refractivity contribution in [3.05, 3.63) is 46.6 Å². The Morgan fingerprint density at radius 3 is 2.34 bits per heavy atom. The number of ether oxygens (including phenoxy) is 4. The smallest absolute Gasteiger partial charge is 0.308 e. The van der Waals surface area contributed by atoms with E-state index >= 15 is 0 Å². The molecule has 13 nitrogen and oxygen atoms in total. The van der Waals surface area contributed by atoms with Gasteiger partial charge >= 0.3 is 5.97 Å². The number of esters is 1. The van der Waals surface area contributed by atoms with Crippen molar-refractivity contribution in [2.45, 2.75) is 43.2 Å². The minimum Gasteiger partial charge on any atom is -0.508 e. The first-order chi connectivity index (χ1) is 18.1. The Labute approximate surface area is 213 Å². The van der Waals surface area contributed by atoms with Crippen LogP contribution in [0.4, 0.5) is 0 Å². The molecule has 13 heteroatoms. The lowest BCUT2D eigenvalue weighted by molar-refractivity contribution is -0.281. The van der Waals surface area contributed by atoms with E-state index in [1.54, 1.807) is 0 Å². The molecule has 5 rings (SSSR count). The lowest BCUT2D eigenvalue weighted by Crippen LogP contribution is -2.60. The van der Waals surface area contributed by atoms with Gasteiger partial charge in [0, 0.05) is 17.7 Å². The number of phenols is 3. The van der Waals surface area contributed by atoms with Gasteiger partial charge in [-0.15, -0.1) is 0 Å². The second-order valence-corrected chi connectivity index (χ2v) is 8.95. The molecule has 202 valence electrons. The van der Waals surface area contributed by atoms with E-state index in [4.69, 9.17) is 23.4 Å². The number of aromatic hydroxyl groups is 3. The van der Waals surface area contributed by atoms with Crippen LogP contribution in [0.2, 0.25) is 0 Å². The minimum absolute atomic E-state index is 0.00109. The third kappa shape index (κ3) is 4.85. The first-order valence-corrected chi connectivity index (χ1v) is 11.6. The molecule has 0 bridgehead atoms. The highest BCUT2D eigenvalue weighted by Gasteiger charge is 2.46. The molecule has 2 saturated heterocycles. The Morgan fingerprint density at radius 2 is 1.66 bits per heavy atom. The molecule has 2 aliphatic heterocycles. The molecule has 0 saturated carbocycles. The van der Waals surface area contributed by atoms with E-state index in [1.807, 2.05) is 0 Å². The van der Waals surface area contributed by atoms with E-state index < -0.39 is 59.7 Å². The van der Waals surface area contributed by atoms with Crippen molar-refractivity contribution in [1.29, 1.82) is 0 Å². The molecule has 6 atom stereocenters. The van der Waals surface area contributed by atoms with Crippen LogP contribution in [-0.2, 0) is 19.0 Å². The van der Waals surface area contributed by atoms with Gasteiger partial charge in [-0.2, -0.15) is 0 Å². The number of hydrogen-bond donors (Lipinski definition) is 6. The summed E-state index contributed by atoms with van der Waals surface area (Å²) < 4.78 is 27.5. The van der Waals surface area contributed by atoms with E-state index in [2.05, 4.69) is 0 Å². The third-order valence-electron chi connectivity index (χ3n) is 6.27. The lowest BCUT2D eigenvalue weighted by Gasteiger charge is -2.40. The van der Waals surface area contributed by atoms with Crippen molar-refractivity contribution in [3.63, 3.8) is 0 Å². The van der Waals surface area contributed by atoms with Gasteiger partial charge in [-0.25, -0.2) is 0 Å². The molecule has 0 unspecified atom stereocenters. The van der Waals surface area contributed by atoms with E-state index in [1.165, 1.54) is 24.3 Å². The number of aliphatic hydroxyl groups excluding tert-OH is 3. The van der Waals surface area contributed by atoms with Gasteiger partial charge in [0.25, 0.3) is 0 Å². The predicted molar refractivity (Wildman–Crippen MR) is 126 cm³/mol. The molecule has 0 radical (unpaired) electrons. The summed E-state index contributed by atoms with van der Waals surface area (Å²) in [7, 11) is 0. The number of hydrogen-bond acceptors (Lipinski definition) is 13. The van der Waals surface area contributed by atoms with Crippen molar-refractivity contribution >= 4 is 16.9 Å². The second-order valence-electron chi connectivity index (χ2n) is 8.95. The average molecular weight is 532 g/mol. The van der Waals surface area contributed by atoms with Gasteiger partial charge < -0.3 is 54.0 Å². The molecule has 0 aliphatic carbocycles. The van der Waals surface area contributed by atoms with E-state index in [-0.39, 0.29) is 53.4 Å². The van der Waals surface area contributed by atoms with Gasteiger partial charge in [0.05, 0.1) is 13.0 Å². The van der Waals surface area contributed by atoms with Gasteiger partial charge in [0.2, 0.25) is 17.5 Å². The number of rotatable bonds is 6. The van der Waals surface area contributed by atoms with Crippen molar-refractivity contribution in [2.75, 3.05) is 13.2 Å². The van der Waals surface area contributed by atoms with E-state index in [9.17, 15) is 40.2 Å². The normalized spacial score (nSPS) is 27.4. The minimum atomic E-state index is -1.83. The zero-order valence-electron chi connectivity index (χ0n) is 19.6. The van der Waals surface area contributed by atoms with Crippen LogP contribution in [0.25, 0.3) is 22.3 Å². The molecular formula is C25H24O13. The second kappa shape index (κ2) is 10.1. The van der Waals surface area contributed by atoms with Crippen LogP contribution in [-0.4, -0.2) is 86.6 Å². The lowest BCUT2D eigenvalue weighted by atomic mass is 9.99. The zero-order chi connectivity index (χ0) is 27.1. The van der Waals surface area contributed by atoms with Gasteiger partial charge in [0.1, 0.15) is 65.3 Å². The number of aliphatic hydroxyl groups is 3. The number of phenolic OH excluding ortho intramolecular Hbond substituents is 3. The average Bonchev–Trinajstić information content (AvgIpc) is 3.29. The molecule has 6 N–H and O–H groups in total. The topological polar surface area (TPSA) is 206 Å². The molecule has 3 aromatic rings. The summed E-state index contributed by atoms with van der Waals surface area (Å²) in [6, 6.07) is 7.50. The predicted octanol–water partition coefficient (Wildman–Crippen LogP) is 0.0953. The Hall–Kier alpha value is -3.88. The molecular weight excluding hydrogens is 508 g/mol. The maximum absolute atomic E-state index is 13.5. The summed E-state index contributed by atoms with van der Waals surface area (Å²) in [5, 5.41) is 60.9. The van der Waals surface area contributed by atoms with Crippen molar-refractivity contribution in [2.24, 2.45) is 0 Å². The van der Waals surface area contributed by atoms with Crippen LogP contribution >= 0.6 is 0 Å². The third-order valence-corrected chi connectivity index (χ3v) is 6.27. The van der Waals surface area contributed by atoms with Crippen molar-refractivity contribution in [3.8, 4) is 34.3 Å². The van der Waals surface area contributed by atoms with Crippen LogP contribution in [0, 0.1) is 0 Å². The first kappa shape index (κ1) is 25.8.